The minimum absolute atomic E-state index is 0.155. The first-order valence-electron chi connectivity index (χ1n) is 9.17. The number of halogens is 3. The van der Waals surface area contributed by atoms with Crippen LogP contribution in [0, 0.1) is 17.5 Å². The van der Waals surface area contributed by atoms with E-state index in [0.29, 0.717) is 12.0 Å². The average Bonchev–Trinajstić information content (AvgIpc) is 2.94. The van der Waals surface area contributed by atoms with E-state index in [2.05, 4.69) is 5.32 Å². The maximum Gasteiger partial charge on any atom is 0.325 e. The van der Waals surface area contributed by atoms with Crippen molar-refractivity contribution in [3.05, 3.63) is 71.0 Å². The number of unbranched alkanes of at least 4 members (excludes halogenated alkanes) is 1. The third-order valence-electron chi connectivity index (χ3n) is 4.96. The van der Waals surface area contributed by atoms with E-state index in [0.717, 1.165) is 29.5 Å². The minimum atomic E-state index is -1.41. The lowest BCUT2D eigenvalue weighted by Crippen LogP contribution is -2.44. The molecule has 8 heteroatoms. The van der Waals surface area contributed by atoms with Crippen molar-refractivity contribution in [2.24, 2.45) is 0 Å². The number of Topliss-reactive ketones (excluding diaryl/α,β-unsaturated/α-hetero) is 1. The quantitative estimate of drug-likeness (QED) is 0.562. The zero-order valence-corrected chi connectivity index (χ0v) is 15.7. The molecule has 0 saturated carbocycles. The average molecular weight is 404 g/mol. The topological polar surface area (TPSA) is 66.5 Å². The molecule has 0 spiro atoms. The molecule has 0 bridgehead atoms. The summed E-state index contributed by atoms with van der Waals surface area (Å²) >= 11 is 0. The summed E-state index contributed by atoms with van der Waals surface area (Å²) in [7, 11) is 0. The highest BCUT2D eigenvalue weighted by Gasteiger charge is 2.52. The first-order valence-corrected chi connectivity index (χ1v) is 9.17. The largest absolute Gasteiger partial charge is 0.325 e. The molecule has 1 fully saturated rings. The Balaban J connectivity index is 1.90. The molecule has 3 amide bonds. The lowest BCUT2D eigenvalue weighted by molar-refractivity contribution is -0.131. The first kappa shape index (κ1) is 20.6. The predicted octanol–water partition coefficient (Wildman–Crippen LogP) is 3.92. The number of hydrogen-bond acceptors (Lipinski definition) is 3. The van der Waals surface area contributed by atoms with Crippen LogP contribution >= 0.6 is 0 Å². The van der Waals surface area contributed by atoms with Gasteiger partial charge in [0.25, 0.3) is 5.91 Å². The van der Waals surface area contributed by atoms with Crippen LogP contribution in [0.2, 0.25) is 0 Å². The SMILES string of the molecule is CCCC[C@@]1(c2ccc(F)cc2)NC(=O)N(CC(=O)c2ccc(F)c(F)c2)C1=O. The van der Waals surface area contributed by atoms with Crippen LogP contribution in [-0.2, 0) is 10.3 Å². The molecule has 1 aliphatic heterocycles. The fourth-order valence-electron chi connectivity index (χ4n) is 3.36. The van der Waals surface area contributed by atoms with Crippen molar-refractivity contribution in [3.8, 4) is 0 Å². The third-order valence-corrected chi connectivity index (χ3v) is 4.96. The van der Waals surface area contributed by atoms with E-state index < -0.39 is 47.3 Å². The number of urea groups is 1. The zero-order chi connectivity index (χ0) is 21.2. The molecule has 0 unspecified atom stereocenters. The molecular formula is C21H19F3N2O3. The van der Waals surface area contributed by atoms with Gasteiger partial charge in [-0.15, -0.1) is 0 Å². The van der Waals surface area contributed by atoms with Crippen LogP contribution < -0.4 is 5.32 Å². The molecule has 1 saturated heterocycles. The van der Waals surface area contributed by atoms with E-state index in [4.69, 9.17) is 0 Å². The lowest BCUT2D eigenvalue weighted by atomic mass is 9.84. The van der Waals surface area contributed by atoms with Gasteiger partial charge in [0, 0.05) is 5.56 Å². The molecular weight excluding hydrogens is 385 g/mol. The molecule has 0 aliphatic carbocycles. The van der Waals surface area contributed by atoms with Gasteiger partial charge in [0.15, 0.2) is 17.4 Å². The van der Waals surface area contributed by atoms with Crippen molar-refractivity contribution < 1.29 is 27.6 Å². The van der Waals surface area contributed by atoms with E-state index in [1.807, 2.05) is 6.92 Å². The third kappa shape index (κ3) is 3.87. The highest BCUT2D eigenvalue weighted by molar-refractivity contribution is 6.11. The normalized spacial score (nSPS) is 18.8. The Morgan fingerprint density at radius 3 is 2.34 bits per heavy atom. The second-order valence-corrected chi connectivity index (χ2v) is 6.89. The monoisotopic (exact) mass is 404 g/mol. The van der Waals surface area contributed by atoms with Gasteiger partial charge in [-0.2, -0.15) is 0 Å². The van der Waals surface area contributed by atoms with Gasteiger partial charge >= 0.3 is 6.03 Å². The molecule has 2 aromatic rings. The lowest BCUT2D eigenvalue weighted by Gasteiger charge is -2.27. The fourth-order valence-corrected chi connectivity index (χ4v) is 3.36. The minimum Gasteiger partial charge on any atom is -0.319 e. The summed E-state index contributed by atoms with van der Waals surface area (Å²) in [5.74, 6) is -4.14. The standard InChI is InChI=1S/C21H19F3N2O3/c1-2-3-10-21(14-5-7-15(22)8-6-14)19(28)26(20(29)25-21)12-18(27)13-4-9-16(23)17(24)11-13/h4-9,11H,2-3,10,12H2,1H3,(H,25,29)/t21-/m0/s1. The van der Waals surface area contributed by atoms with E-state index in [-0.39, 0.29) is 12.0 Å². The first-order chi connectivity index (χ1) is 13.8. The Hall–Kier alpha value is -3.16. The molecule has 1 aliphatic rings. The number of nitrogens with zero attached hydrogens (tertiary/aromatic N) is 1. The molecule has 1 atom stereocenters. The molecule has 1 heterocycles. The van der Waals surface area contributed by atoms with Gasteiger partial charge in [-0.05, 0) is 42.3 Å². The molecule has 152 valence electrons. The summed E-state index contributed by atoms with van der Waals surface area (Å²) in [6.07, 6.45) is 1.63. The van der Waals surface area contributed by atoms with Gasteiger partial charge in [-0.3, -0.25) is 14.5 Å². The molecule has 0 aromatic heterocycles. The van der Waals surface area contributed by atoms with Crippen LogP contribution in [0.15, 0.2) is 42.5 Å². The molecule has 3 rings (SSSR count). The van der Waals surface area contributed by atoms with E-state index in [1.54, 1.807) is 0 Å². The number of ketones is 1. The molecule has 29 heavy (non-hydrogen) atoms. The Morgan fingerprint density at radius 1 is 1.03 bits per heavy atom. The Bertz CT molecular complexity index is 962. The summed E-state index contributed by atoms with van der Waals surface area (Å²) in [5.41, 5.74) is -1.15. The second kappa shape index (κ2) is 8.06. The number of carbonyl (C=O) groups excluding carboxylic acids is 3. The van der Waals surface area contributed by atoms with Crippen LogP contribution in [-0.4, -0.2) is 29.2 Å². The van der Waals surface area contributed by atoms with Crippen LogP contribution in [0.5, 0.6) is 0 Å². The number of hydrogen-bond donors (Lipinski definition) is 1. The Labute approximate surface area is 165 Å². The predicted molar refractivity (Wildman–Crippen MR) is 98.5 cm³/mol. The second-order valence-electron chi connectivity index (χ2n) is 6.89. The van der Waals surface area contributed by atoms with Gasteiger partial charge in [-0.25, -0.2) is 18.0 Å². The van der Waals surface area contributed by atoms with Gasteiger partial charge in [0.2, 0.25) is 0 Å². The molecule has 5 nitrogen and oxygen atoms in total. The van der Waals surface area contributed by atoms with E-state index in [9.17, 15) is 27.6 Å². The highest BCUT2D eigenvalue weighted by Crippen LogP contribution is 2.34. The maximum atomic E-state index is 13.4. The Kier molecular flexibility index (Phi) is 5.72. The van der Waals surface area contributed by atoms with Crippen molar-refractivity contribution in [2.75, 3.05) is 6.54 Å². The van der Waals surface area contributed by atoms with E-state index >= 15 is 0 Å². The number of rotatable bonds is 7. The highest BCUT2D eigenvalue weighted by atomic mass is 19.2. The van der Waals surface area contributed by atoms with Crippen LogP contribution in [0.3, 0.4) is 0 Å². The number of amides is 3. The summed E-state index contributed by atoms with van der Waals surface area (Å²) in [5, 5.41) is 2.64. The molecule has 1 N–H and O–H groups in total. The van der Waals surface area contributed by atoms with Crippen LogP contribution in [0.4, 0.5) is 18.0 Å². The van der Waals surface area contributed by atoms with Gasteiger partial charge in [-0.1, -0.05) is 31.9 Å². The van der Waals surface area contributed by atoms with Crippen molar-refractivity contribution in [2.45, 2.75) is 31.7 Å². The van der Waals surface area contributed by atoms with Crippen molar-refractivity contribution in [1.82, 2.24) is 10.2 Å². The van der Waals surface area contributed by atoms with Gasteiger partial charge < -0.3 is 5.32 Å². The van der Waals surface area contributed by atoms with Gasteiger partial charge in [0.1, 0.15) is 11.4 Å². The van der Waals surface area contributed by atoms with Crippen LogP contribution in [0.1, 0.15) is 42.1 Å². The summed E-state index contributed by atoms with van der Waals surface area (Å²) in [6.45, 7) is 1.30. The van der Waals surface area contributed by atoms with Crippen molar-refractivity contribution >= 4 is 17.7 Å². The summed E-state index contributed by atoms with van der Waals surface area (Å²) in [4.78, 5) is 38.9. The van der Waals surface area contributed by atoms with E-state index in [1.165, 1.54) is 24.3 Å². The number of carbonyl (C=O) groups is 3. The molecule has 2 aromatic carbocycles. The van der Waals surface area contributed by atoms with Crippen molar-refractivity contribution in [3.63, 3.8) is 0 Å². The van der Waals surface area contributed by atoms with Gasteiger partial charge in [0.05, 0.1) is 6.54 Å². The summed E-state index contributed by atoms with van der Waals surface area (Å²) < 4.78 is 39.8. The number of benzene rings is 2. The van der Waals surface area contributed by atoms with Crippen molar-refractivity contribution in [1.29, 1.82) is 0 Å². The fraction of sp³-hybridized carbons (Fsp3) is 0.286. The maximum absolute atomic E-state index is 13.4. The number of nitrogens with one attached hydrogen (secondary N) is 1. The smallest absolute Gasteiger partial charge is 0.319 e. The zero-order valence-electron chi connectivity index (χ0n) is 15.7. The summed E-state index contributed by atoms with van der Waals surface area (Å²) in [6, 6.07) is 7.07. The Morgan fingerprint density at radius 2 is 1.72 bits per heavy atom. The molecule has 0 radical (unpaired) electrons. The number of imide groups is 1. The van der Waals surface area contributed by atoms with Crippen LogP contribution in [0.25, 0.3) is 0 Å².